The van der Waals surface area contributed by atoms with Gasteiger partial charge in [0.05, 0.1) is 4.91 Å². The zero-order chi connectivity index (χ0) is 24.1. The lowest BCUT2D eigenvalue weighted by atomic mass is 10.2. The van der Waals surface area contributed by atoms with Crippen LogP contribution in [0.1, 0.15) is 16.7 Å². The molecule has 1 saturated heterocycles. The van der Waals surface area contributed by atoms with Crippen molar-refractivity contribution in [3.63, 3.8) is 0 Å². The number of anilines is 1. The van der Waals surface area contributed by atoms with Gasteiger partial charge < -0.3 is 10.1 Å². The summed E-state index contributed by atoms with van der Waals surface area (Å²) in [5.41, 5.74) is 3.20. The van der Waals surface area contributed by atoms with Crippen LogP contribution in [0.25, 0.3) is 6.08 Å². The van der Waals surface area contributed by atoms with Crippen LogP contribution in [0.3, 0.4) is 0 Å². The number of nitrogens with one attached hydrogen (secondary N) is 1. The summed E-state index contributed by atoms with van der Waals surface area (Å²) in [4.78, 5) is 38.5. The van der Waals surface area contributed by atoms with Gasteiger partial charge in [0, 0.05) is 5.69 Å². The molecule has 0 atom stereocenters. The van der Waals surface area contributed by atoms with E-state index >= 15 is 0 Å². The molecule has 0 aromatic heterocycles. The fraction of sp³-hybridized carbons (Fsp3) is 0.115. The molecule has 0 aliphatic carbocycles. The highest BCUT2D eigenvalue weighted by Crippen LogP contribution is 2.32. The fourth-order valence-electron chi connectivity index (χ4n) is 3.18. The molecule has 4 rings (SSSR count). The van der Waals surface area contributed by atoms with Crippen LogP contribution in [0.15, 0.2) is 77.7 Å². The van der Waals surface area contributed by atoms with Gasteiger partial charge in [-0.25, -0.2) is 4.39 Å². The molecule has 1 aliphatic rings. The number of rotatable bonds is 7. The molecule has 8 heteroatoms. The van der Waals surface area contributed by atoms with Crippen LogP contribution >= 0.6 is 11.8 Å². The Morgan fingerprint density at radius 3 is 2.35 bits per heavy atom. The predicted octanol–water partition coefficient (Wildman–Crippen LogP) is 5.39. The normalized spacial score (nSPS) is 14.5. The Kier molecular flexibility index (Phi) is 7.08. The number of aryl methyl sites for hydroxylation is 1. The number of hydrogen-bond acceptors (Lipinski definition) is 5. The highest BCUT2D eigenvalue weighted by atomic mass is 32.2. The van der Waals surface area contributed by atoms with E-state index < -0.39 is 17.1 Å². The van der Waals surface area contributed by atoms with Crippen LogP contribution in [-0.2, 0) is 16.2 Å². The van der Waals surface area contributed by atoms with Gasteiger partial charge in [-0.3, -0.25) is 19.3 Å². The lowest BCUT2D eigenvalue weighted by Crippen LogP contribution is -2.36. The predicted molar refractivity (Wildman–Crippen MR) is 130 cm³/mol. The molecule has 0 unspecified atom stereocenters. The third-order valence-corrected chi connectivity index (χ3v) is 5.91. The van der Waals surface area contributed by atoms with Gasteiger partial charge in [-0.15, -0.1) is 0 Å². The molecule has 1 N–H and O–H groups in total. The second-order valence-electron chi connectivity index (χ2n) is 7.67. The standard InChI is InChI=1S/C26H21FN2O4S/c1-17-2-10-21(11-3-17)28-24(30)15-29-25(31)23(34-26(29)32)14-18-6-12-22(13-7-18)33-16-19-4-8-20(27)9-5-19/h2-14H,15-16H2,1H3,(H,28,30)/b23-14-. The number of imide groups is 1. The second-order valence-corrected chi connectivity index (χ2v) is 8.66. The number of carbonyl (C=O) groups is 3. The highest BCUT2D eigenvalue weighted by Gasteiger charge is 2.36. The van der Waals surface area contributed by atoms with E-state index in [-0.39, 0.29) is 17.3 Å². The van der Waals surface area contributed by atoms with Gasteiger partial charge in [-0.2, -0.15) is 0 Å². The van der Waals surface area contributed by atoms with Gasteiger partial charge in [0.15, 0.2) is 0 Å². The van der Waals surface area contributed by atoms with Gasteiger partial charge in [0.25, 0.3) is 11.1 Å². The Labute approximate surface area is 200 Å². The molecule has 34 heavy (non-hydrogen) atoms. The zero-order valence-electron chi connectivity index (χ0n) is 18.3. The van der Waals surface area contributed by atoms with Crippen molar-refractivity contribution in [2.75, 3.05) is 11.9 Å². The lowest BCUT2D eigenvalue weighted by Gasteiger charge is -2.12. The maximum Gasteiger partial charge on any atom is 0.294 e. The SMILES string of the molecule is Cc1ccc(NC(=O)CN2C(=O)S/C(=C\c3ccc(OCc4ccc(F)cc4)cc3)C2=O)cc1. The number of hydrogen-bond donors (Lipinski definition) is 1. The van der Waals surface area contributed by atoms with E-state index in [0.29, 0.717) is 23.6 Å². The largest absolute Gasteiger partial charge is 0.489 e. The van der Waals surface area contributed by atoms with Crippen LogP contribution in [0.5, 0.6) is 5.75 Å². The van der Waals surface area contributed by atoms with E-state index in [9.17, 15) is 18.8 Å². The summed E-state index contributed by atoms with van der Waals surface area (Å²) >= 11 is 0.796. The van der Waals surface area contributed by atoms with Crippen molar-refractivity contribution in [3.05, 3.63) is 100 Å². The van der Waals surface area contributed by atoms with Gasteiger partial charge >= 0.3 is 0 Å². The van der Waals surface area contributed by atoms with Crippen LogP contribution in [0.4, 0.5) is 14.9 Å². The maximum atomic E-state index is 13.0. The van der Waals surface area contributed by atoms with Crippen LogP contribution in [0.2, 0.25) is 0 Å². The molecular formula is C26H21FN2O4S. The first-order valence-corrected chi connectivity index (χ1v) is 11.3. The van der Waals surface area contributed by atoms with Gasteiger partial charge in [0.1, 0.15) is 24.7 Å². The maximum absolute atomic E-state index is 13.0. The van der Waals surface area contributed by atoms with Gasteiger partial charge in [0.2, 0.25) is 5.91 Å². The summed E-state index contributed by atoms with van der Waals surface area (Å²) < 4.78 is 18.7. The molecular weight excluding hydrogens is 455 g/mol. The molecule has 172 valence electrons. The van der Waals surface area contributed by atoms with Crippen molar-refractivity contribution in [2.24, 2.45) is 0 Å². The van der Waals surface area contributed by atoms with Crippen LogP contribution in [0, 0.1) is 12.7 Å². The van der Waals surface area contributed by atoms with Crippen LogP contribution < -0.4 is 10.1 Å². The van der Waals surface area contributed by atoms with E-state index in [1.54, 1.807) is 54.6 Å². The van der Waals surface area contributed by atoms with Crippen molar-refractivity contribution in [1.29, 1.82) is 0 Å². The summed E-state index contributed by atoms with van der Waals surface area (Å²) in [6.07, 6.45) is 1.60. The first kappa shape index (κ1) is 23.3. The van der Waals surface area contributed by atoms with E-state index in [0.717, 1.165) is 27.8 Å². The number of nitrogens with zero attached hydrogens (tertiary/aromatic N) is 1. The van der Waals surface area contributed by atoms with E-state index in [4.69, 9.17) is 4.74 Å². The monoisotopic (exact) mass is 476 g/mol. The zero-order valence-corrected chi connectivity index (χ0v) is 19.1. The first-order chi connectivity index (χ1) is 16.4. The molecule has 0 radical (unpaired) electrons. The summed E-state index contributed by atoms with van der Waals surface area (Å²) in [7, 11) is 0. The van der Waals surface area contributed by atoms with Gasteiger partial charge in [-0.05, 0) is 72.3 Å². The summed E-state index contributed by atoms with van der Waals surface area (Å²) in [6.45, 7) is 1.88. The Morgan fingerprint density at radius 1 is 1.00 bits per heavy atom. The summed E-state index contributed by atoms with van der Waals surface area (Å²) in [5.74, 6) is -0.646. The number of carbonyl (C=O) groups excluding carboxylic acids is 3. The fourth-order valence-corrected chi connectivity index (χ4v) is 4.01. The summed E-state index contributed by atoms with van der Waals surface area (Å²) in [6, 6.07) is 20.3. The average molecular weight is 477 g/mol. The molecule has 6 nitrogen and oxygen atoms in total. The minimum Gasteiger partial charge on any atom is -0.489 e. The molecule has 1 heterocycles. The molecule has 3 amide bonds. The Hall–Kier alpha value is -3.91. The highest BCUT2D eigenvalue weighted by molar-refractivity contribution is 8.18. The van der Waals surface area contributed by atoms with Crippen molar-refractivity contribution >= 4 is 40.6 Å². The van der Waals surface area contributed by atoms with E-state index in [1.165, 1.54) is 12.1 Å². The van der Waals surface area contributed by atoms with Crippen molar-refractivity contribution < 1.29 is 23.5 Å². The Balaban J connectivity index is 1.35. The minimum atomic E-state index is -0.509. The molecule has 1 fully saturated rings. The van der Waals surface area contributed by atoms with Gasteiger partial charge in [-0.1, -0.05) is 42.0 Å². The number of amides is 3. The smallest absolute Gasteiger partial charge is 0.294 e. The minimum absolute atomic E-state index is 0.244. The molecule has 0 saturated carbocycles. The molecule has 0 spiro atoms. The second kappa shape index (κ2) is 10.4. The molecule has 3 aromatic carbocycles. The number of thioether (sulfide) groups is 1. The average Bonchev–Trinajstić information content (AvgIpc) is 3.08. The molecule has 1 aliphatic heterocycles. The lowest BCUT2D eigenvalue weighted by molar-refractivity contribution is -0.127. The van der Waals surface area contributed by atoms with E-state index in [2.05, 4.69) is 5.32 Å². The Bertz CT molecular complexity index is 1240. The topological polar surface area (TPSA) is 75.7 Å². The van der Waals surface area contributed by atoms with Crippen molar-refractivity contribution in [3.8, 4) is 5.75 Å². The van der Waals surface area contributed by atoms with Crippen molar-refractivity contribution in [1.82, 2.24) is 4.90 Å². The quantitative estimate of drug-likeness (QED) is 0.463. The van der Waals surface area contributed by atoms with Crippen molar-refractivity contribution in [2.45, 2.75) is 13.5 Å². The van der Waals surface area contributed by atoms with E-state index in [1.807, 2.05) is 19.1 Å². The molecule has 3 aromatic rings. The number of ether oxygens (including phenoxy) is 1. The van der Waals surface area contributed by atoms with Crippen LogP contribution in [-0.4, -0.2) is 28.5 Å². The number of halogens is 1. The number of benzene rings is 3. The summed E-state index contributed by atoms with van der Waals surface area (Å²) in [5, 5.41) is 2.20. The third kappa shape index (κ3) is 5.90. The first-order valence-electron chi connectivity index (χ1n) is 10.5. The Morgan fingerprint density at radius 2 is 1.68 bits per heavy atom. The molecule has 0 bridgehead atoms. The third-order valence-electron chi connectivity index (χ3n) is 5.01.